The monoisotopic (exact) mass is 202 g/mol. The number of aryl methyl sites for hydroxylation is 1. The molecule has 76 valence electrons. The van der Waals surface area contributed by atoms with Crippen molar-refractivity contribution in [2.24, 2.45) is 0 Å². The SMILES string of the molecule is CCCc1c[nH]c2cc(C#N)c(F)cc12. The van der Waals surface area contributed by atoms with Crippen molar-refractivity contribution >= 4 is 10.9 Å². The maximum atomic E-state index is 13.4. The fraction of sp³-hybridized carbons (Fsp3) is 0.250. The number of rotatable bonds is 2. The Balaban J connectivity index is 2.63. The van der Waals surface area contributed by atoms with Crippen LogP contribution < -0.4 is 0 Å². The summed E-state index contributed by atoms with van der Waals surface area (Å²) >= 11 is 0. The first-order valence-corrected chi connectivity index (χ1v) is 4.96. The van der Waals surface area contributed by atoms with E-state index in [4.69, 9.17) is 5.26 Å². The van der Waals surface area contributed by atoms with Gasteiger partial charge in [0.15, 0.2) is 0 Å². The highest BCUT2D eigenvalue weighted by Gasteiger charge is 2.08. The minimum Gasteiger partial charge on any atom is -0.361 e. The van der Waals surface area contributed by atoms with Gasteiger partial charge < -0.3 is 4.98 Å². The van der Waals surface area contributed by atoms with E-state index in [0.717, 1.165) is 29.3 Å². The van der Waals surface area contributed by atoms with E-state index >= 15 is 0 Å². The fourth-order valence-corrected chi connectivity index (χ4v) is 1.76. The third kappa shape index (κ3) is 1.59. The molecular weight excluding hydrogens is 191 g/mol. The van der Waals surface area contributed by atoms with E-state index in [9.17, 15) is 4.39 Å². The Labute approximate surface area is 87.3 Å². The van der Waals surface area contributed by atoms with E-state index in [1.165, 1.54) is 6.07 Å². The molecular formula is C12H11FN2. The molecule has 1 heterocycles. The van der Waals surface area contributed by atoms with Gasteiger partial charge in [-0.25, -0.2) is 4.39 Å². The van der Waals surface area contributed by atoms with Gasteiger partial charge in [-0.15, -0.1) is 0 Å². The largest absolute Gasteiger partial charge is 0.361 e. The smallest absolute Gasteiger partial charge is 0.141 e. The summed E-state index contributed by atoms with van der Waals surface area (Å²) in [5, 5.41) is 9.57. The zero-order valence-corrected chi connectivity index (χ0v) is 8.47. The van der Waals surface area contributed by atoms with Crippen LogP contribution in [0.1, 0.15) is 24.5 Å². The molecule has 0 saturated heterocycles. The molecule has 3 heteroatoms. The summed E-state index contributed by atoms with van der Waals surface area (Å²) < 4.78 is 13.4. The molecule has 2 aromatic rings. The predicted octanol–water partition coefficient (Wildman–Crippen LogP) is 3.13. The molecule has 1 aromatic carbocycles. The van der Waals surface area contributed by atoms with Crippen LogP contribution in [-0.4, -0.2) is 4.98 Å². The minimum atomic E-state index is -0.443. The van der Waals surface area contributed by atoms with Gasteiger partial charge >= 0.3 is 0 Å². The van der Waals surface area contributed by atoms with Gasteiger partial charge in [0.1, 0.15) is 11.9 Å². The van der Waals surface area contributed by atoms with Gasteiger partial charge in [-0.1, -0.05) is 13.3 Å². The Kier molecular flexibility index (Phi) is 2.42. The van der Waals surface area contributed by atoms with E-state index < -0.39 is 5.82 Å². The minimum absolute atomic E-state index is 0.0902. The van der Waals surface area contributed by atoms with Gasteiger partial charge in [0.2, 0.25) is 0 Å². The van der Waals surface area contributed by atoms with Crippen LogP contribution in [-0.2, 0) is 6.42 Å². The number of fused-ring (bicyclic) bond motifs is 1. The molecule has 2 nitrogen and oxygen atoms in total. The number of halogens is 1. The number of nitriles is 1. The lowest BCUT2D eigenvalue weighted by Gasteiger charge is -1.97. The molecule has 2 rings (SSSR count). The topological polar surface area (TPSA) is 39.6 Å². The molecule has 0 fully saturated rings. The first-order chi connectivity index (χ1) is 7.26. The summed E-state index contributed by atoms with van der Waals surface area (Å²) in [6.07, 6.45) is 3.83. The van der Waals surface area contributed by atoms with E-state index in [-0.39, 0.29) is 5.56 Å². The highest BCUT2D eigenvalue weighted by Crippen LogP contribution is 2.22. The normalized spacial score (nSPS) is 10.5. The zero-order valence-electron chi connectivity index (χ0n) is 8.47. The highest BCUT2D eigenvalue weighted by atomic mass is 19.1. The Morgan fingerprint density at radius 2 is 2.27 bits per heavy atom. The molecule has 1 aromatic heterocycles. The lowest BCUT2D eigenvalue weighted by molar-refractivity contribution is 0.625. The van der Waals surface area contributed by atoms with Crippen LogP contribution in [0.4, 0.5) is 4.39 Å². The number of H-pyrrole nitrogens is 1. The van der Waals surface area contributed by atoms with Crippen LogP contribution in [0.5, 0.6) is 0 Å². The van der Waals surface area contributed by atoms with Crippen molar-refractivity contribution < 1.29 is 4.39 Å². The molecule has 0 radical (unpaired) electrons. The average Bonchev–Trinajstić information content (AvgIpc) is 2.61. The highest BCUT2D eigenvalue weighted by molar-refractivity contribution is 5.84. The summed E-state index contributed by atoms with van der Waals surface area (Å²) in [5.41, 5.74) is 2.03. The Morgan fingerprint density at radius 1 is 1.47 bits per heavy atom. The van der Waals surface area contributed by atoms with E-state index in [2.05, 4.69) is 11.9 Å². The Morgan fingerprint density at radius 3 is 2.93 bits per heavy atom. The third-order valence-corrected chi connectivity index (χ3v) is 2.49. The van der Waals surface area contributed by atoms with Crippen molar-refractivity contribution in [1.29, 1.82) is 5.26 Å². The summed E-state index contributed by atoms with van der Waals surface area (Å²) in [4.78, 5) is 3.06. The number of hydrogen-bond acceptors (Lipinski definition) is 1. The summed E-state index contributed by atoms with van der Waals surface area (Å²) in [7, 11) is 0. The van der Waals surface area contributed by atoms with Crippen molar-refractivity contribution in [1.82, 2.24) is 4.98 Å². The standard InChI is InChI=1S/C12H11FN2/c1-2-3-8-7-15-12-4-9(6-14)11(13)5-10(8)12/h4-5,7,15H,2-3H2,1H3. The molecule has 0 aliphatic heterocycles. The quantitative estimate of drug-likeness (QED) is 0.798. The first kappa shape index (κ1) is 9.72. The van der Waals surface area contributed by atoms with Crippen LogP contribution in [0, 0.1) is 17.1 Å². The first-order valence-electron chi connectivity index (χ1n) is 4.96. The Bertz CT molecular complexity index is 534. The van der Waals surface area contributed by atoms with E-state index in [1.807, 2.05) is 12.3 Å². The lowest BCUT2D eigenvalue weighted by atomic mass is 10.1. The number of aromatic nitrogens is 1. The molecule has 15 heavy (non-hydrogen) atoms. The predicted molar refractivity (Wildman–Crippen MR) is 57.0 cm³/mol. The van der Waals surface area contributed by atoms with Crippen molar-refractivity contribution in [3.63, 3.8) is 0 Å². The summed E-state index contributed by atoms with van der Waals surface area (Å²) in [6, 6.07) is 4.83. The van der Waals surface area contributed by atoms with Crippen molar-refractivity contribution in [3.05, 3.63) is 35.3 Å². The van der Waals surface area contributed by atoms with Gasteiger partial charge in [0, 0.05) is 17.1 Å². The lowest BCUT2D eigenvalue weighted by Crippen LogP contribution is -1.85. The molecule has 0 spiro atoms. The average molecular weight is 202 g/mol. The number of benzene rings is 1. The molecule has 0 saturated carbocycles. The van der Waals surface area contributed by atoms with Crippen molar-refractivity contribution in [3.8, 4) is 6.07 Å². The maximum Gasteiger partial charge on any atom is 0.141 e. The van der Waals surface area contributed by atoms with Crippen LogP contribution in [0.2, 0.25) is 0 Å². The number of nitrogens with one attached hydrogen (secondary N) is 1. The molecule has 0 amide bonds. The number of nitrogens with zero attached hydrogens (tertiary/aromatic N) is 1. The van der Waals surface area contributed by atoms with Crippen LogP contribution in [0.3, 0.4) is 0 Å². The molecule has 0 aliphatic carbocycles. The second-order valence-corrected chi connectivity index (χ2v) is 3.55. The third-order valence-electron chi connectivity index (χ3n) is 2.49. The van der Waals surface area contributed by atoms with Crippen molar-refractivity contribution in [2.75, 3.05) is 0 Å². The van der Waals surface area contributed by atoms with Crippen molar-refractivity contribution in [2.45, 2.75) is 19.8 Å². The van der Waals surface area contributed by atoms with Crippen LogP contribution >= 0.6 is 0 Å². The van der Waals surface area contributed by atoms with Gasteiger partial charge in [0.25, 0.3) is 0 Å². The second kappa shape index (κ2) is 3.74. The number of hydrogen-bond donors (Lipinski definition) is 1. The molecule has 0 unspecified atom stereocenters. The number of aromatic amines is 1. The molecule has 1 N–H and O–H groups in total. The summed E-state index contributed by atoms with van der Waals surface area (Å²) in [5.74, 6) is -0.443. The molecule has 0 atom stereocenters. The molecule has 0 aliphatic rings. The Hall–Kier alpha value is -1.82. The van der Waals surface area contributed by atoms with Gasteiger partial charge in [0.05, 0.1) is 5.56 Å². The zero-order chi connectivity index (χ0) is 10.8. The van der Waals surface area contributed by atoms with Gasteiger partial charge in [-0.05, 0) is 24.1 Å². The van der Waals surface area contributed by atoms with E-state index in [1.54, 1.807) is 6.07 Å². The molecule has 0 bridgehead atoms. The van der Waals surface area contributed by atoms with E-state index in [0.29, 0.717) is 0 Å². The van der Waals surface area contributed by atoms with Crippen LogP contribution in [0.25, 0.3) is 10.9 Å². The fourth-order valence-electron chi connectivity index (χ4n) is 1.76. The summed E-state index contributed by atoms with van der Waals surface area (Å²) in [6.45, 7) is 2.08. The van der Waals surface area contributed by atoms with Crippen LogP contribution in [0.15, 0.2) is 18.3 Å². The van der Waals surface area contributed by atoms with Gasteiger partial charge in [-0.3, -0.25) is 0 Å². The second-order valence-electron chi connectivity index (χ2n) is 3.55. The van der Waals surface area contributed by atoms with Gasteiger partial charge in [-0.2, -0.15) is 5.26 Å². The maximum absolute atomic E-state index is 13.4.